The number of halogens is 1. The van der Waals surface area contributed by atoms with Gasteiger partial charge in [0.2, 0.25) is 0 Å². The predicted octanol–water partition coefficient (Wildman–Crippen LogP) is 3.95. The fourth-order valence-electron chi connectivity index (χ4n) is 1.72. The van der Waals surface area contributed by atoms with E-state index >= 15 is 0 Å². The zero-order valence-corrected chi connectivity index (χ0v) is 11.8. The molecule has 0 aliphatic carbocycles. The number of hydrogen-bond donors (Lipinski definition) is 0. The van der Waals surface area contributed by atoms with Crippen molar-refractivity contribution in [3.63, 3.8) is 0 Å². The van der Waals surface area contributed by atoms with Crippen LogP contribution < -0.4 is 0 Å². The van der Waals surface area contributed by atoms with Crippen molar-refractivity contribution < 1.29 is 4.79 Å². The Morgan fingerprint density at radius 2 is 1.75 bits per heavy atom. The van der Waals surface area contributed by atoms with Gasteiger partial charge in [-0.25, -0.2) is 0 Å². The average molecular weight is 283 g/mol. The van der Waals surface area contributed by atoms with Gasteiger partial charge in [-0.3, -0.25) is 4.79 Å². The third-order valence-electron chi connectivity index (χ3n) is 2.74. The van der Waals surface area contributed by atoms with Crippen LogP contribution in [0.1, 0.15) is 37.8 Å². The van der Waals surface area contributed by atoms with Crippen molar-refractivity contribution >= 4 is 21.7 Å². The van der Waals surface area contributed by atoms with E-state index in [-0.39, 0.29) is 11.7 Å². The number of Topliss-reactive ketones (excluding diaryl/α,β-unsaturated/α-hetero) is 1. The van der Waals surface area contributed by atoms with E-state index in [1.165, 1.54) is 5.56 Å². The van der Waals surface area contributed by atoms with E-state index in [9.17, 15) is 4.79 Å². The smallest absolute Gasteiger partial charge is 0.150 e. The summed E-state index contributed by atoms with van der Waals surface area (Å²) >= 11 is 3.21. The molecule has 1 rings (SSSR count). The van der Waals surface area contributed by atoms with Crippen molar-refractivity contribution in [2.24, 2.45) is 5.92 Å². The lowest BCUT2D eigenvalue weighted by Crippen LogP contribution is -2.10. The first kappa shape index (κ1) is 13.4. The van der Waals surface area contributed by atoms with Gasteiger partial charge >= 0.3 is 0 Å². The molecular formula is C14H19BrO. The minimum absolute atomic E-state index is 0.00697. The first-order chi connectivity index (χ1) is 7.54. The van der Waals surface area contributed by atoms with E-state index in [4.69, 9.17) is 0 Å². The Labute approximate surface area is 106 Å². The maximum atomic E-state index is 11.5. The summed E-state index contributed by atoms with van der Waals surface area (Å²) in [5.74, 6) is 0.900. The second-order valence-electron chi connectivity index (χ2n) is 4.66. The largest absolute Gasteiger partial charge is 0.298 e. The predicted molar refractivity (Wildman–Crippen MR) is 72.2 cm³/mol. The third-order valence-corrected chi connectivity index (χ3v) is 3.29. The molecule has 2 heteroatoms. The summed E-state index contributed by atoms with van der Waals surface area (Å²) in [5, 5.41) is 0.432. The van der Waals surface area contributed by atoms with Crippen molar-refractivity contribution in [1.82, 2.24) is 0 Å². The normalized spacial score (nSPS) is 12.8. The lowest BCUT2D eigenvalue weighted by atomic mass is 9.95. The number of carbonyl (C=O) groups is 1. The van der Waals surface area contributed by atoms with Crippen LogP contribution in [-0.4, -0.2) is 11.1 Å². The van der Waals surface area contributed by atoms with Crippen LogP contribution in [0.2, 0.25) is 0 Å². The van der Waals surface area contributed by atoms with E-state index in [2.05, 4.69) is 54.0 Å². The molecule has 0 N–H and O–H groups in total. The van der Waals surface area contributed by atoms with Crippen LogP contribution in [0.25, 0.3) is 0 Å². The van der Waals surface area contributed by atoms with Crippen LogP contribution in [0, 0.1) is 5.92 Å². The zero-order chi connectivity index (χ0) is 12.1. The Bertz CT molecular complexity index is 340. The Balaban J connectivity index is 2.74. The summed E-state index contributed by atoms with van der Waals surface area (Å²) in [7, 11) is 0. The molecule has 88 valence electrons. The lowest BCUT2D eigenvalue weighted by molar-refractivity contribution is -0.117. The highest BCUT2D eigenvalue weighted by molar-refractivity contribution is 9.09. The molecule has 1 unspecified atom stereocenters. The number of ketones is 1. The zero-order valence-electron chi connectivity index (χ0n) is 10.2. The Morgan fingerprint density at radius 3 is 2.19 bits per heavy atom. The second-order valence-corrected chi connectivity index (χ2v) is 5.22. The summed E-state index contributed by atoms with van der Waals surface area (Å²) in [4.78, 5) is 11.5. The number of rotatable bonds is 5. The van der Waals surface area contributed by atoms with Crippen LogP contribution in [0.5, 0.6) is 0 Å². The molecule has 0 saturated carbocycles. The van der Waals surface area contributed by atoms with Crippen molar-refractivity contribution in [2.75, 3.05) is 5.33 Å². The maximum Gasteiger partial charge on any atom is 0.150 e. The van der Waals surface area contributed by atoms with Crippen LogP contribution in [0.15, 0.2) is 24.3 Å². The molecule has 0 heterocycles. The van der Waals surface area contributed by atoms with Gasteiger partial charge in [0, 0.05) is 5.92 Å². The molecule has 0 aliphatic heterocycles. The van der Waals surface area contributed by atoms with Gasteiger partial charge in [-0.05, 0) is 23.5 Å². The molecule has 0 spiro atoms. The SMILES string of the molecule is CC(C)Cc1ccc(C(C)C(=O)CBr)cc1. The van der Waals surface area contributed by atoms with Crippen LogP contribution in [0.3, 0.4) is 0 Å². The Kier molecular flexibility index (Phi) is 5.20. The number of carbonyl (C=O) groups excluding carboxylic acids is 1. The van der Waals surface area contributed by atoms with E-state index < -0.39 is 0 Å². The van der Waals surface area contributed by atoms with E-state index in [1.807, 2.05) is 6.92 Å². The number of benzene rings is 1. The van der Waals surface area contributed by atoms with Crippen LogP contribution in [0.4, 0.5) is 0 Å². The Hall–Kier alpha value is -0.630. The molecule has 1 atom stereocenters. The van der Waals surface area contributed by atoms with Crippen LogP contribution >= 0.6 is 15.9 Å². The molecule has 0 fully saturated rings. The molecule has 0 amide bonds. The summed E-state index contributed by atoms with van der Waals surface area (Å²) in [6, 6.07) is 8.41. The highest BCUT2D eigenvalue weighted by atomic mass is 79.9. The minimum Gasteiger partial charge on any atom is -0.298 e. The molecule has 0 aromatic heterocycles. The molecule has 1 aromatic rings. The lowest BCUT2D eigenvalue weighted by Gasteiger charge is -2.10. The van der Waals surface area contributed by atoms with Gasteiger partial charge in [0.05, 0.1) is 5.33 Å². The van der Waals surface area contributed by atoms with Gasteiger partial charge in [0.25, 0.3) is 0 Å². The van der Waals surface area contributed by atoms with Crippen LogP contribution in [-0.2, 0) is 11.2 Å². The minimum atomic E-state index is -0.00697. The molecule has 1 aromatic carbocycles. The summed E-state index contributed by atoms with van der Waals surface area (Å²) in [6.45, 7) is 6.39. The summed E-state index contributed by atoms with van der Waals surface area (Å²) < 4.78 is 0. The Morgan fingerprint density at radius 1 is 1.19 bits per heavy atom. The molecule has 1 nitrogen and oxygen atoms in total. The van der Waals surface area contributed by atoms with Crippen molar-refractivity contribution in [1.29, 1.82) is 0 Å². The van der Waals surface area contributed by atoms with Crippen molar-refractivity contribution in [3.8, 4) is 0 Å². The van der Waals surface area contributed by atoms with Gasteiger partial charge < -0.3 is 0 Å². The molecule has 0 bridgehead atoms. The van der Waals surface area contributed by atoms with Gasteiger partial charge in [0.15, 0.2) is 5.78 Å². The van der Waals surface area contributed by atoms with Gasteiger partial charge in [-0.1, -0.05) is 61.0 Å². The fraction of sp³-hybridized carbons (Fsp3) is 0.500. The van der Waals surface area contributed by atoms with E-state index in [1.54, 1.807) is 0 Å². The highest BCUT2D eigenvalue weighted by Crippen LogP contribution is 2.19. The van der Waals surface area contributed by atoms with Gasteiger partial charge in [-0.2, -0.15) is 0 Å². The summed E-state index contributed by atoms with van der Waals surface area (Å²) in [5.41, 5.74) is 2.45. The standard InChI is InChI=1S/C14H19BrO/c1-10(2)8-12-4-6-13(7-5-12)11(3)14(16)9-15/h4-7,10-11H,8-9H2,1-3H3. The monoisotopic (exact) mass is 282 g/mol. The molecule has 16 heavy (non-hydrogen) atoms. The van der Waals surface area contributed by atoms with Crippen molar-refractivity contribution in [3.05, 3.63) is 35.4 Å². The maximum absolute atomic E-state index is 11.5. The third kappa shape index (κ3) is 3.75. The quantitative estimate of drug-likeness (QED) is 0.748. The number of hydrogen-bond acceptors (Lipinski definition) is 1. The first-order valence-electron chi connectivity index (χ1n) is 5.72. The first-order valence-corrected chi connectivity index (χ1v) is 6.84. The molecule has 0 saturated heterocycles. The number of alkyl halides is 1. The van der Waals surface area contributed by atoms with Gasteiger partial charge in [-0.15, -0.1) is 0 Å². The average Bonchev–Trinajstić information content (AvgIpc) is 2.27. The topological polar surface area (TPSA) is 17.1 Å². The van der Waals surface area contributed by atoms with E-state index in [0.29, 0.717) is 11.2 Å². The fourth-order valence-corrected chi connectivity index (χ4v) is 2.20. The van der Waals surface area contributed by atoms with Gasteiger partial charge in [0.1, 0.15) is 0 Å². The van der Waals surface area contributed by atoms with E-state index in [0.717, 1.165) is 12.0 Å². The second kappa shape index (κ2) is 6.19. The van der Waals surface area contributed by atoms with Crippen molar-refractivity contribution in [2.45, 2.75) is 33.1 Å². The summed E-state index contributed by atoms with van der Waals surface area (Å²) in [6.07, 6.45) is 1.10. The highest BCUT2D eigenvalue weighted by Gasteiger charge is 2.13. The molecule has 0 aliphatic rings. The molecular weight excluding hydrogens is 264 g/mol. The molecule has 0 radical (unpaired) electrons.